The predicted octanol–water partition coefficient (Wildman–Crippen LogP) is 1.89. The van der Waals surface area contributed by atoms with Gasteiger partial charge in [-0.2, -0.15) is 5.10 Å². The van der Waals surface area contributed by atoms with Crippen LogP contribution in [0.4, 0.5) is 5.82 Å². The molecule has 0 amide bonds. The summed E-state index contributed by atoms with van der Waals surface area (Å²) >= 11 is 0. The highest BCUT2D eigenvalue weighted by atomic mass is 32.2. The Labute approximate surface area is 125 Å². The second-order valence-corrected chi connectivity index (χ2v) is 6.51. The summed E-state index contributed by atoms with van der Waals surface area (Å²) < 4.78 is 28.7. The van der Waals surface area contributed by atoms with E-state index in [-0.39, 0.29) is 10.9 Å². The van der Waals surface area contributed by atoms with E-state index in [0.717, 1.165) is 12.1 Å². The van der Waals surface area contributed by atoms with E-state index >= 15 is 0 Å². The molecule has 0 aliphatic rings. The van der Waals surface area contributed by atoms with Gasteiger partial charge < -0.3 is 5.32 Å². The molecule has 114 valence electrons. The van der Waals surface area contributed by atoms with Crippen LogP contribution in [-0.2, 0) is 17.1 Å². The van der Waals surface area contributed by atoms with Gasteiger partial charge in [0.2, 0.25) is 0 Å². The van der Waals surface area contributed by atoms with Gasteiger partial charge in [-0.1, -0.05) is 19.1 Å². The lowest BCUT2D eigenvalue weighted by Gasteiger charge is -2.14. The Balaban J connectivity index is 2.25. The van der Waals surface area contributed by atoms with Crippen molar-refractivity contribution in [2.75, 3.05) is 11.3 Å². The van der Waals surface area contributed by atoms with Crippen LogP contribution in [-0.4, -0.2) is 24.7 Å². The van der Waals surface area contributed by atoms with Crippen LogP contribution in [0.1, 0.15) is 25.5 Å². The first-order valence-electron chi connectivity index (χ1n) is 6.78. The first-order chi connectivity index (χ1) is 9.92. The van der Waals surface area contributed by atoms with E-state index in [9.17, 15) is 8.42 Å². The van der Waals surface area contributed by atoms with Crippen LogP contribution in [0.15, 0.2) is 41.4 Å². The highest BCUT2D eigenvalue weighted by Gasteiger charge is 2.17. The quantitative estimate of drug-likeness (QED) is 0.854. The first kappa shape index (κ1) is 15.5. The summed E-state index contributed by atoms with van der Waals surface area (Å²) in [5.41, 5.74) is 0.931. The topological polar surface area (TPSA) is 76.0 Å². The minimum Gasteiger partial charge on any atom is -0.310 e. The molecule has 0 aliphatic carbocycles. The highest BCUT2D eigenvalue weighted by molar-refractivity contribution is 7.92. The molecule has 6 nitrogen and oxygen atoms in total. The molecule has 7 heteroatoms. The third-order valence-corrected chi connectivity index (χ3v) is 4.48. The Hall–Kier alpha value is -1.86. The summed E-state index contributed by atoms with van der Waals surface area (Å²) in [5, 5.41) is 7.28. The molecule has 0 saturated heterocycles. The number of aryl methyl sites for hydroxylation is 1. The van der Waals surface area contributed by atoms with Crippen LogP contribution >= 0.6 is 0 Å². The van der Waals surface area contributed by atoms with Crippen LogP contribution < -0.4 is 10.0 Å². The molecule has 0 bridgehead atoms. The van der Waals surface area contributed by atoms with E-state index in [1.54, 1.807) is 42.2 Å². The SMILES string of the molecule is CCNC(C)c1cccc(S(=O)(=O)Nc2ccn(C)n2)c1. The summed E-state index contributed by atoms with van der Waals surface area (Å²) in [7, 11) is -1.89. The van der Waals surface area contributed by atoms with Crippen molar-refractivity contribution < 1.29 is 8.42 Å². The number of sulfonamides is 1. The van der Waals surface area contributed by atoms with Crippen molar-refractivity contribution in [3.63, 3.8) is 0 Å². The highest BCUT2D eigenvalue weighted by Crippen LogP contribution is 2.19. The number of rotatable bonds is 6. The van der Waals surface area contributed by atoms with Crippen molar-refractivity contribution in [2.24, 2.45) is 7.05 Å². The van der Waals surface area contributed by atoms with Crippen molar-refractivity contribution >= 4 is 15.8 Å². The van der Waals surface area contributed by atoms with Gasteiger partial charge in [0.15, 0.2) is 5.82 Å². The van der Waals surface area contributed by atoms with E-state index in [0.29, 0.717) is 5.82 Å². The Kier molecular flexibility index (Phi) is 4.64. The molecular formula is C14H20N4O2S. The number of nitrogens with one attached hydrogen (secondary N) is 2. The Morgan fingerprint density at radius 3 is 2.71 bits per heavy atom. The van der Waals surface area contributed by atoms with Crippen LogP contribution in [0.5, 0.6) is 0 Å². The molecule has 0 aliphatic heterocycles. The molecule has 2 aromatic rings. The molecular weight excluding hydrogens is 288 g/mol. The first-order valence-corrected chi connectivity index (χ1v) is 8.26. The molecule has 2 rings (SSSR count). The molecule has 21 heavy (non-hydrogen) atoms. The molecule has 0 radical (unpaired) electrons. The van der Waals surface area contributed by atoms with E-state index in [1.807, 2.05) is 19.9 Å². The molecule has 1 heterocycles. The molecule has 2 N–H and O–H groups in total. The average Bonchev–Trinajstić information content (AvgIpc) is 2.84. The van der Waals surface area contributed by atoms with Gasteiger partial charge in [-0.15, -0.1) is 0 Å². The lowest BCUT2D eigenvalue weighted by molar-refractivity contribution is 0.592. The minimum atomic E-state index is -3.62. The molecule has 1 unspecified atom stereocenters. The summed E-state index contributed by atoms with van der Waals surface area (Å²) in [6.07, 6.45) is 1.68. The van der Waals surface area contributed by atoms with Gasteiger partial charge in [0.1, 0.15) is 0 Å². The summed E-state index contributed by atoms with van der Waals surface area (Å²) in [6.45, 7) is 4.84. The normalized spacial score (nSPS) is 13.1. The summed E-state index contributed by atoms with van der Waals surface area (Å²) in [5.74, 6) is 0.308. The van der Waals surface area contributed by atoms with Crippen LogP contribution in [0.3, 0.4) is 0 Å². The van der Waals surface area contributed by atoms with Crippen molar-refractivity contribution in [1.82, 2.24) is 15.1 Å². The van der Waals surface area contributed by atoms with Crippen molar-refractivity contribution in [3.05, 3.63) is 42.1 Å². The van der Waals surface area contributed by atoms with Gasteiger partial charge in [-0.3, -0.25) is 9.40 Å². The fourth-order valence-electron chi connectivity index (χ4n) is 2.04. The molecule has 1 aromatic heterocycles. The monoisotopic (exact) mass is 308 g/mol. The maximum Gasteiger partial charge on any atom is 0.263 e. The molecule has 0 saturated carbocycles. The van der Waals surface area contributed by atoms with Crippen LogP contribution in [0.25, 0.3) is 0 Å². The number of anilines is 1. The van der Waals surface area contributed by atoms with E-state index in [1.165, 1.54) is 0 Å². The summed E-state index contributed by atoms with van der Waals surface area (Å²) in [6, 6.07) is 8.62. The van der Waals surface area contributed by atoms with Crippen molar-refractivity contribution in [2.45, 2.75) is 24.8 Å². The number of aromatic nitrogens is 2. The third-order valence-electron chi connectivity index (χ3n) is 3.13. The van der Waals surface area contributed by atoms with Crippen LogP contribution in [0.2, 0.25) is 0 Å². The maximum atomic E-state index is 12.4. The maximum absolute atomic E-state index is 12.4. The van der Waals surface area contributed by atoms with Gasteiger partial charge in [-0.05, 0) is 31.2 Å². The van der Waals surface area contributed by atoms with Gasteiger partial charge in [-0.25, -0.2) is 8.42 Å². The van der Waals surface area contributed by atoms with Crippen molar-refractivity contribution in [1.29, 1.82) is 0 Å². The van der Waals surface area contributed by atoms with Crippen molar-refractivity contribution in [3.8, 4) is 0 Å². The fraction of sp³-hybridized carbons (Fsp3) is 0.357. The van der Waals surface area contributed by atoms with Gasteiger partial charge >= 0.3 is 0 Å². The number of nitrogens with zero attached hydrogens (tertiary/aromatic N) is 2. The third kappa shape index (κ3) is 3.83. The zero-order valence-electron chi connectivity index (χ0n) is 12.4. The lowest BCUT2D eigenvalue weighted by Crippen LogP contribution is -2.19. The lowest BCUT2D eigenvalue weighted by atomic mass is 10.1. The number of benzene rings is 1. The summed E-state index contributed by atoms with van der Waals surface area (Å²) in [4.78, 5) is 0.232. The van der Waals surface area contributed by atoms with E-state index < -0.39 is 10.0 Å². The fourth-order valence-corrected chi connectivity index (χ4v) is 3.09. The second kappa shape index (κ2) is 6.28. The Morgan fingerprint density at radius 2 is 2.10 bits per heavy atom. The van der Waals surface area contributed by atoms with E-state index in [4.69, 9.17) is 0 Å². The molecule has 1 atom stereocenters. The van der Waals surface area contributed by atoms with Crippen LogP contribution in [0, 0.1) is 0 Å². The zero-order chi connectivity index (χ0) is 15.5. The molecule has 0 spiro atoms. The standard InChI is InChI=1S/C14H20N4O2S/c1-4-15-11(2)12-6-5-7-13(10-12)21(19,20)17-14-8-9-18(3)16-14/h5-11,15H,4H2,1-3H3,(H,16,17). The molecule has 1 aromatic carbocycles. The molecule has 0 fully saturated rings. The predicted molar refractivity (Wildman–Crippen MR) is 82.6 cm³/mol. The van der Waals surface area contributed by atoms with Gasteiger partial charge in [0.05, 0.1) is 4.90 Å². The van der Waals surface area contributed by atoms with E-state index in [2.05, 4.69) is 15.1 Å². The zero-order valence-corrected chi connectivity index (χ0v) is 13.2. The smallest absolute Gasteiger partial charge is 0.263 e. The number of hydrogen-bond acceptors (Lipinski definition) is 4. The van der Waals surface area contributed by atoms with Gasteiger partial charge in [0.25, 0.3) is 10.0 Å². The minimum absolute atomic E-state index is 0.0972. The largest absolute Gasteiger partial charge is 0.310 e. The second-order valence-electron chi connectivity index (χ2n) is 4.83. The Morgan fingerprint density at radius 1 is 1.33 bits per heavy atom. The average molecular weight is 308 g/mol. The Bertz CT molecular complexity index is 709. The van der Waals surface area contributed by atoms with Gasteiger partial charge in [0, 0.05) is 25.4 Å². The number of hydrogen-bond donors (Lipinski definition) is 2.